The molecule has 0 saturated carbocycles. The van der Waals surface area contributed by atoms with Crippen molar-refractivity contribution in [2.24, 2.45) is 0 Å². The average Bonchev–Trinajstić information content (AvgIpc) is 3.46. The lowest BCUT2D eigenvalue weighted by Gasteiger charge is -2.36. The molecule has 2 aromatic heterocycles. The molecule has 0 aliphatic carbocycles. The van der Waals surface area contributed by atoms with Crippen LogP contribution < -0.4 is 29.7 Å². The number of thiophene rings is 1. The second-order valence-corrected chi connectivity index (χ2v) is 11.5. The number of piperazine rings is 1. The zero-order chi connectivity index (χ0) is 30.7. The predicted octanol–water partition coefficient (Wildman–Crippen LogP) is 5.79. The minimum absolute atomic E-state index is 0.0331. The lowest BCUT2D eigenvalue weighted by Crippen LogP contribution is -2.47. The van der Waals surface area contributed by atoms with Crippen LogP contribution in [0.3, 0.4) is 0 Å². The van der Waals surface area contributed by atoms with Gasteiger partial charge in [0.15, 0.2) is 17.3 Å². The Labute approximate surface area is 267 Å². The number of carbonyl (C=O) groups excluding carboxylic acids is 1. The highest BCUT2D eigenvalue weighted by Gasteiger charge is 2.26. The molecule has 1 aliphatic rings. The van der Waals surface area contributed by atoms with E-state index in [-0.39, 0.29) is 38.9 Å². The number of hydrogen-bond acceptors (Lipinski definition) is 11. The molecule has 1 aliphatic heterocycles. The number of halogens is 3. The van der Waals surface area contributed by atoms with E-state index in [0.29, 0.717) is 39.6 Å². The van der Waals surface area contributed by atoms with E-state index in [1.807, 2.05) is 18.2 Å². The fourth-order valence-electron chi connectivity index (χ4n) is 4.85. The normalized spacial score (nSPS) is 13.7. The highest BCUT2D eigenvalue weighted by molar-refractivity contribution is 7.18. The third-order valence-electron chi connectivity index (χ3n) is 7.07. The number of β-amino-alcohol motifs (C(OH)–C–C–N with tert-alkyl or cyclic N) is 1. The number of aromatic nitrogens is 2. The summed E-state index contributed by atoms with van der Waals surface area (Å²) in [5, 5.41) is 17.1. The van der Waals surface area contributed by atoms with Gasteiger partial charge in [-0.05, 0) is 12.1 Å². The molecule has 15 heteroatoms. The van der Waals surface area contributed by atoms with E-state index >= 15 is 0 Å². The fraction of sp³-hybridized carbons (Fsp3) is 0.321. The molecule has 5 rings (SSSR count). The smallest absolute Gasteiger partial charge is 0.258 e. The third-order valence-corrected chi connectivity index (χ3v) is 9.11. The Bertz CT molecular complexity index is 1620. The number of methoxy groups -OCH3 is 3. The summed E-state index contributed by atoms with van der Waals surface area (Å²) in [5.41, 5.74) is 2.59. The fourth-order valence-corrected chi connectivity index (χ4v) is 6.91. The number of nitrogens with one attached hydrogen (secondary N) is 2. The summed E-state index contributed by atoms with van der Waals surface area (Å²) in [4.78, 5) is 26.8. The van der Waals surface area contributed by atoms with Crippen LogP contribution in [0.5, 0.6) is 17.2 Å². The van der Waals surface area contributed by atoms with Crippen LogP contribution >= 0.6 is 46.1 Å². The van der Waals surface area contributed by atoms with Crippen molar-refractivity contribution < 1.29 is 24.1 Å². The molecule has 1 saturated heterocycles. The monoisotopic (exact) mass is 666 g/mol. The standard InChI is InChI=1S/C28H29Cl3N6O5S/c1-40-18-12-15(37-8-6-36(7-9-37)10-11-38)4-5-17(18)34-27-26-22(32-14-33-27)16(13-43-26)28(39)35-23-19(29)24(41-2)21(31)25(42-3)20(23)30/h4-5,12-14,38H,6-11H2,1-3H3,(H,35,39)(H,32,33,34). The van der Waals surface area contributed by atoms with Gasteiger partial charge in [-0.15, -0.1) is 11.3 Å². The van der Waals surface area contributed by atoms with Crippen molar-refractivity contribution in [1.82, 2.24) is 14.9 Å². The molecular formula is C28H29Cl3N6O5S. The summed E-state index contributed by atoms with van der Waals surface area (Å²) in [6.07, 6.45) is 1.38. The van der Waals surface area contributed by atoms with E-state index in [1.165, 1.54) is 31.9 Å². The first kappa shape index (κ1) is 31.2. The number of benzene rings is 2. The van der Waals surface area contributed by atoms with E-state index in [1.54, 1.807) is 12.5 Å². The summed E-state index contributed by atoms with van der Waals surface area (Å²) in [6, 6.07) is 5.95. The van der Waals surface area contributed by atoms with E-state index in [2.05, 4.69) is 30.4 Å². The molecule has 43 heavy (non-hydrogen) atoms. The molecule has 2 aromatic carbocycles. The van der Waals surface area contributed by atoms with Gasteiger partial charge in [-0.25, -0.2) is 9.97 Å². The molecule has 228 valence electrons. The molecule has 3 N–H and O–H groups in total. The van der Waals surface area contributed by atoms with Gasteiger partial charge in [-0.1, -0.05) is 34.8 Å². The lowest BCUT2D eigenvalue weighted by molar-refractivity contribution is 0.102. The predicted molar refractivity (Wildman–Crippen MR) is 172 cm³/mol. The molecule has 0 unspecified atom stereocenters. The SMILES string of the molecule is COc1cc(N2CCN(CCO)CC2)ccc1Nc1ncnc2c(C(=O)Nc3c(Cl)c(OC)c(Cl)c(OC)c3Cl)csc12. The molecule has 1 fully saturated rings. The summed E-state index contributed by atoms with van der Waals surface area (Å²) < 4.78 is 17.0. The van der Waals surface area contributed by atoms with Crippen LogP contribution in [0.25, 0.3) is 10.2 Å². The quantitative estimate of drug-likeness (QED) is 0.192. The zero-order valence-corrected chi connectivity index (χ0v) is 26.6. The number of hydrogen-bond donors (Lipinski definition) is 3. The van der Waals surface area contributed by atoms with Gasteiger partial charge in [0.25, 0.3) is 5.91 Å². The van der Waals surface area contributed by atoms with Gasteiger partial charge in [-0.3, -0.25) is 9.69 Å². The van der Waals surface area contributed by atoms with Crippen LogP contribution in [0.1, 0.15) is 10.4 Å². The summed E-state index contributed by atoms with van der Waals surface area (Å²) >= 11 is 20.6. The second-order valence-electron chi connectivity index (χ2n) is 9.45. The summed E-state index contributed by atoms with van der Waals surface area (Å²) in [7, 11) is 4.41. The van der Waals surface area contributed by atoms with Crippen molar-refractivity contribution in [3.63, 3.8) is 0 Å². The van der Waals surface area contributed by atoms with Crippen LogP contribution in [0.4, 0.5) is 22.9 Å². The summed E-state index contributed by atoms with van der Waals surface area (Å²) in [6.45, 7) is 4.33. The molecule has 1 amide bonds. The van der Waals surface area contributed by atoms with Crippen molar-refractivity contribution in [3.05, 3.63) is 50.5 Å². The highest BCUT2D eigenvalue weighted by atomic mass is 35.5. The lowest BCUT2D eigenvalue weighted by atomic mass is 10.2. The van der Waals surface area contributed by atoms with Gasteiger partial charge in [0.05, 0.1) is 55.1 Å². The Balaban J connectivity index is 1.39. The van der Waals surface area contributed by atoms with Crippen LogP contribution in [0.2, 0.25) is 15.1 Å². The van der Waals surface area contributed by atoms with Gasteiger partial charge < -0.3 is 34.9 Å². The Morgan fingerprint density at radius 2 is 1.70 bits per heavy atom. The molecule has 11 nitrogen and oxygen atoms in total. The van der Waals surface area contributed by atoms with Crippen LogP contribution in [-0.4, -0.2) is 86.5 Å². The van der Waals surface area contributed by atoms with Crippen molar-refractivity contribution in [2.45, 2.75) is 0 Å². The number of fused-ring (bicyclic) bond motifs is 1. The van der Waals surface area contributed by atoms with E-state index in [9.17, 15) is 9.90 Å². The first-order chi connectivity index (χ1) is 20.8. The van der Waals surface area contributed by atoms with E-state index in [4.69, 9.17) is 49.0 Å². The van der Waals surface area contributed by atoms with E-state index in [0.717, 1.165) is 31.9 Å². The average molecular weight is 668 g/mol. The number of anilines is 4. The van der Waals surface area contributed by atoms with Crippen molar-refractivity contribution in [3.8, 4) is 17.2 Å². The minimum atomic E-state index is -0.493. The molecule has 3 heterocycles. The highest BCUT2D eigenvalue weighted by Crippen LogP contribution is 2.50. The van der Waals surface area contributed by atoms with Crippen LogP contribution in [0, 0.1) is 0 Å². The first-order valence-corrected chi connectivity index (χ1v) is 15.2. The second kappa shape index (κ2) is 13.6. The Morgan fingerprint density at radius 1 is 1.00 bits per heavy atom. The van der Waals surface area contributed by atoms with Gasteiger partial charge in [0, 0.05) is 49.9 Å². The van der Waals surface area contributed by atoms with Crippen molar-refractivity contribution in [2.75, 3.05) is 76.2 Å². The number of rotatable bonds is 10. The van der Waals surface area contributed by atoms with Crippen molar-refractivity contribution in [1.29, 1.82) is 0 Å². The molecule has 0 spiro atoms. The van der Waals surface area contributed by atoms with Gasteiger partial charge in [0.2, 0.25) is 0 Å². The third kappa shape index (κ3) is 6.21. The number of ether oxygens (including phenoxy) is 3. The molecule has 0 bridgehead atoms. The van der Waals surface area contributed by atoms with Gasteiger partial charge in [-0.2, -0.15) is 0 Å². The zero-order valence-electron chi connectivity index (χ0n) is 23.5. The largest absolute Gasteiger partial charge is 0.494 e. The minimum Gasteiger partial charge on any atom is -0.494 e. The maximum absolute atomic E-state index is 13.4. The Kier molecular flexibility index (Phi) is 9.85. The van der Waals surface area contributed by atoms with Crippen molar-refractivity contribution >= 4 is 85.1 Å². The topological polar surface area (TPSA) is 121 Å². The molecule has 0 radical (unpaired) electrons. The molecule has 0 atom stereocenters. The maximum Gasteiger partial charge on any atom is 0.258 e. The summed E-state index contributed by atoms with van der Waals surface area (Å²) in [5.74, 6) is 0.905. The first-order valence-electron chi connectivity index (χ1n) is 13.2. The Hall–Kier alpha value is -3.26. The van der Waals surface area contributed by atoms with Gasteiger partial charge in [0.1, 0.15) is 27.1 Å². The number of nitrogens with zero attached hydrogens (tertiary/aromatic N) is 4. The van der Waals surface area contributed by atoms with Crippen LogP contribution in [-0.2, 0) is 0 Å². The molecule has 4 aromatic rings. The molecular weight excluding hydrogens is 639 g/mol. The number of aliphatic hydroxyl groups is 1. The number of carbonyl (C=O) groups is 1. The number of amides is 1. The van der Waals surface area contributed by atoms with Gasteiger partial charge >= 0.3 is 0 Å². The van der Waals surface area contributed by atoms with Crippen LogP contribution in [0.15, 0.2) is 29.9 Å². The maximum atomic E-state index is 13.4. The number of aliphatic hydroxyl groups excluding tert-OH is 1. The Morgan fingerprint density at radius 3 is 2.33 bits per heavy atom. The van der Waals surface area contributed by atoms with E-state index < -0.39 is 5.91 Å².